The summed E-state index contributed by atoms with van der Waals surface area (Å²) >= 11 is 19.6. The molecule has 208 valence electrons. The van der Waals surface area contributed by atoms with Crippen molar-refractivity contribution in [3.8, 4) is 0 Å². The van der Waals surface area contributed by atoms with Gasteiger partial charge in [-0.25, -0.2) is 0 Å². The summed E-state index contributed by atoms with van der Waals surface area (Å²) in [5.74, 6) is 0. The molecule has 0 saturated carbocycles. The first-order valence-corrected chi connectivity index (χ1v) is 32.8. The molecule has 0 N–H and O–H groups in total. The van der Waals surface area contributed by atoms with Crippen molar-refractivity contribution in [2.24, 2.45) is 0 Å². The highest BCUT2D eigenvalue weighted by atomic mass is 35.7. The third-order valence-electron chi connectivity index (χ3n) is 6.13. The van der Waals surface area contributed by atoms with Gasteiger partial charge in [0.15, 0.2) is 16.6 Å². The Morgan fingerprint density at radius 2 is 0.919 bits per heavy atom. The number of hydrogen-bond acceptors (Lipinski definition) is 3. The van der Waals surface area contributed by atoms with E-state index in [0.717, 1.165) is 34.5 Å². The van der Waals surface area contributed by atoms with Crippen LogP contribution in [0.2, 0.25) is 83.1 Å². The maximum Gasteiger partial charge on any atom is 0.388 e. The van der Waals surface area contributed by atoms with Crippen molar-refractivity contribution in [3.63, 3.8) is 0 Å². The van der Waals surface area contributed by atoms with Crippen LogP contribution in [-0.4, -0.2) is 47.8 Å². The van der Waals surface area contributed by atoms with Gasteiger partial charge in [0.25, 0.3) is 0 Å². The van der Waals surface area contributed by atoms with Crippen LogP contribution < -0.4 is 10.4 Å². The van der Waals surface area contributed by atoms with Crippen LogP contribution >= 0.6 is 33.2 Å². The Bertz CT molecular complexity index is 941. The lowest BCUT2D eigenvalue weighted by Gasteiger charge is -2.44. The number of benzene rings is 2. The second-order valence-corrected chi connectivity index (χ2v) is 43.3. The molecule has 0 heterocycles. The highest BCUT2D eigenvalue weighted by Gasteiger charge is 2.52. The lowest BCUT2D eigenvalue weighted by molar-refractivity contribution is 0.340. The first-order valence-electron chi connectivity index (χ1n) is 13.0. The molecular weight excluding hydrogens is 623 g/mol. The first kappa shape index (κ1) is 33.7. The molecule has 37 heavy (non-hydrogen) atoms. The van der Waals surface area contributed by atoms with Crippen LogP contribution in [0, 0.1) is 0 Å². The molecule has 0 aliphatic rings. The molecule has 12 heteroatoms. The Labute approximate surface area is 246 Å². The van der Waals surface area contributed by atoms with Crippen LogP contribution in [0.3, 0.4) is 0 Å². The van der Waals surface area contributed by atoms with Gasteiger partial charge in [0.2, 0.25) is 6.69 Å². The van der Waals surface area contributed by atoms with Gasteiger partial charge in [-0.15, -0.1) is 22.2 Å². The molecule has 0 spiro atoms. The SMILES string of the molecule is C[Si](C)(Cl)CC[Si](C)(C)O[Si](O[Si](C)(C)O[Si](C)(C)CC[Si](C)(Cl)Cl)(c1ccccc1)c1ccccc1. The zero-order valence-corrected chi connectivity index (χ0v) is 32.2. The van der Waals surface area contributed by atoms with E-state index in [1.807, 2.05) is 18.7 Å². The Kier molecular flexibility index (Phi) is 11.8. The second-order valence-electron chi connectivity index (χ2n) is 12.4. The smallest absolute Gasteiger partial charge is 0.388 e. The van der Waals surface area contributed by atoms with Crippen LogP contribution in [0.4, 0.5) is 0 Å². The molecule has 0 saturated heterocycles. The topological polar surface area (TPSA) is 27.7 Å². The van der Waals surface area contributed by atoms with E-state index in [-0.39, 0.29) is 0 Å². The molecule has 0 aliphatic carbocycles. The maximum absolute atomic E-state index is 7.41. The minimum atomic E-state index is -3.12. The van der Waals surface area contributed by atoms with Crippen molar-refractivity contribution >= 4 is 91.4 Å². The molecule has 2 aromatic rings. The summed E-state index contributed by atoms with van der Waals surface area (Å²) in [6.07, 6.45) is 0. The van der Waals surface area contributed by atoms with Crippen molar-refractivity contribution in [2.75, 3.05) is 0 Å². The van der Waals surface area contributed by atoms with E-state index < -0.39 is 47.8 Å². The summed E-state index contributed by atoms with van der Waals surface area (Å²) in [4.78, 5) is 0. The zero-order valence-electron chi connectivity index (χ0n) is 24.0. The van der Waals surface area contributed by atoms with Crippen molar-refractivity contribution < 1.29 is 12.3 Å². The fourth-order valence-corrected chi connectivity index (χ4v) is 32.5. The predicted molar refractivity (Wildman–Crippen MR) is 179 cm³/mol. The maximum atomic E-state index is 7.41. The monoisotopic (exact) mass is 666 g/mol. The summed E-state index contributed by atoms with van der Waals surface area (Å²) in [6.45, 7) is 17.7. The third-order valence-corrected chi connectivity index (χ3v) is 27.1. The summed E-state index contributed by atoms with van der Waals surface area (Å²) in [7, 11) is -11.8. The van der Waals surface area contributed by atoms with Crippen molar-refractivity contribution in [1.29, 1.82) is 0 Å². The van der Waals surface area contributed by atoms with Gasteiger partial charge in [-0.3, -0.25) is 0 Å². The van der Waals surface area contributed by atoms with E-state index in [9.17, 15) is 0 Å². The lowest BCUT2D eigenvalue weighted by atomic mass is 10.4. The van der Waals surface area contributed by atoms with Gasteiger partial charge in [0, 0.05) is 0 Å². The molecular formula is C25H45Cl3O3Si6. The van der Waals surface area contributed by atoms with E-state index in [1.54, 1.807) is 0 Å². The van der Waals surface area contributed by atoms with Crippen molar-refractivity contribution in [2.45, 2.75) is 83.1 Å². The fraction of sp³-hybridized carbons (Fsp3) is 0.520. The average molecular weight is 669 g/mol. The zero-order chi connectivity index (χ0) is 28.2. The predicted octanol–water partition coefficient (Wildman–Crippen LogP) is 8.40. The minimum absolute atomic E-state index is 0.828. The average Bonchev–Trinajstić information content (AvgIpc) is 2.75. The van der Waals surface area contributed by atoms with Crippen LogP contribution in [-0.2, 0) is 12.3 Å². The van der Waals surface area contributed by atoms with Gasteiger partial charge in [-0.05, 0) is 80.4 Å². The summed E-state index contributed by atoms with van der Waals surface area (Å²) in [5, 5.41) is 2.24. The van der Waals surface area contributed by atoms with Gasteiger partial charge in [0.05, 0.1) is 0 Å². The van der Waals surface area contributed by atoms with Gasteiger partial charge >= 0.3 is 17.1 Å². The second kappa shape index (κ2) is 13.0. The quantitative estimate of drug-likeness (QED) is 0.150. The van der Waals surface area contributed by atoms with E-state index in [2.05, 4.69) is 101 Å². The van der Waals surface area contributed by atoms with Crippen LogP contribution in [0.5, 0.6) is 0 Å². The fourth-order valence-electron chi connectivity index (χ4n) is 4.38. The summed E-state index contributed by atoms with van der Waals surface area (Å²) < 4.78 is 21.7. The molecule has 0 amide bonds. The highest BCUT2D eigenvalue weighted by Crippen LogP contribution is 2.32. The van der Waals surface area contributed by atoms with E-state index >= 15 is 0 Å². The van der Waals surface area contributed by atoms with E-state index in [1.165, 1.54) is 0 Å². The largest absolute Gasteiger partial charge is 0.436 e. The minimum Gasteiger partial charge on any atom is -0.436 e. The molecule has 0 unspecified atom stereocenters. The summed E-state index contributed by atoms with van der Waals surface area (Å²) in [6, 6.07) is 24.8. The molecule has 0 radical (unpaired) electrons. The van der Waals surface area contributed by atoms with Crippen molar-refractivity contribution in [3.05, 3.63) is 60.7 Å². The molecule has 2 aromatic carbocycles. The first-order chi connectivity index (χ1) is 16.7. The van der Waals surface area contributed by atoms with Gasteiger partial charge < -0.3 is 12.3 Å². The molecule has 0 fully saturated rings. The van der Waals surface area contributed by atoms with Gasteiger partial charge in [0.1, 0.15) is 7.38 Å². The highest BCUT2D eigenvalue weighted by molar-refractivity contribution is 7.45. The lowest BCUT2D eigenvalue weighted by Crippen LogP contribution is -2.71. The molecule has 0 aromatic heterocycles. The van der Waals surface area contributed by atoms with Gasteiger partial charge in [-0.2, -0.15) is 11.1 Å². The van der Waals surface area contributed by atoms with Crippen LogP contribution in [0.25, 0.3) is 0 Å². The molecule has 3 nitrogen and oxygen atoms in total. The number of halogens is 3. The molecule has 0 aliphatic heterocycles. The number of hydrogen-bond donors (Lipinski definition) is 0. The molecule has 2 rings (SSSR count). The molecule has 0 atom stereocenters. The third kappa shape index (κ3) is 11.9. The van der Waals surface area contributed by atoms with Crippen LogP contribution in [0.15, 0.2) is 60.7 Å². The van der Waals surface area contributed by atoms with Crippen LogP contribution in [0.1, 0.15) is 0 Å². The Hall–Kier alpha value is 0.491. The molecule has 0 bridgehead atoms. The Balaban J connectivity index is 2.55. The van der Waals surface area contributed by atoms with E-state index in [0.29, 0.717) is 0 Å². The Morgan fingerprint density at radius 1 is 0.514 bits per heavy atom. The normalized spacial score (nSPS) is 14.2. The van der Waals surface area contributed by atoms with Gasteiger partial charge in [-0.1, -0.05) is 73.8 Å². The standard InChI is InChI=1S/C25H45Cl3O3Si6/c1-32(2,26)20-21-34(5,6)30-37(24-16-12-10-13-17-24,25-18-14-11-15-19-25)31-35(7,8)29-33(3,4)22-23-36(9,27)28/h10-19H,20-23H2,1-9H3. The Morgan fingerprint density at radius 3 is 1.32 bits per heavy atom. The number of rotatable bonds is 14. The van der Waals surface area contributed by atoms with E-state index in [4.69, 9.17) is 45.6 Å². The van der Waals surface area contributed by atoms with Crippen molar-refractivity contribution in [1.82, 2.24) is 0 Å². The summed E-state index contributed by atoms with van der Waals surface area (Å²) in [5.41, 5.74) is 0.